The Bertz CT molecular complexity index is 397. The number of nitrogens with zero attached hydrogens (tertiary/aromatic N) is 1. The zero-order chi connectivity index (χ0) is 12.0. The first-order valence-corrected chi connectivity index (χ1v) is 6.02. The van der Waals surface area contributed by atoms with Gasteiger partial charge in [0.2, 0.25) is 0 Å². The van der Waals surface area contributed by atoms with E-state index in [0.717, 1.165) is 35.8 Å². The zero-order valence-electron chi connectivity index (χ0n) is 10.2. The van der Waals surface area contributed by atoms with Crippen molar-refractivity contribution in [2.24, 2.45) is 0 Å². The van der Waals surface area contributed by atoms with Crippen LogP contribution in [0.15, 0.2) is 18.2 Å². The predicted octanol–water partition coefficient (Wildman–Crippen LogP) is 3.34. The first-order valence-electron chi connectivity index (χ1n) is 5.64. The molecule has 0 N–H and O–H groups in total. The molecule has 1 rings (SSSR count). The molecule has 0 amide bonds. The Morgan fingerprint density at radius 3 is 2.50 bits per heavy atom. The van der Waals surface area contributed by atoms with E-state index in [-0.39, 0.29) is 0 Å². The van der Waals surface area contributed by atoms with Gasteiger partial charge in [-0.2, -0.15) is 0 Å². The summed E-state index contributed by atoms with van der Waals surface area (Å²) in [4.78, 5) is 2.29. The molecule has 0 spiro atoms. The summed E-state index contributed by atoms with van der Waals surface area (Å²) in [5, 5.41) is 0.770. The molecule has 1 aromatic carbocycles. The number of hydrogen-bond donors (Lipinski definition) is 0. The minimum Gasteiger partial charge on any atom is -0.293 e. The number of halogens is 1. The van der Waals surface area contributed by atoms with Crippen LogP contribution < -0.4 is 0 Å². The lowest BCUT2D eigenvalue weighted by Crippen LogP contribution is -2.22. The van der Waals surface area contributed by atoms with E-state index in [1.165, 1.54) is 0 Å². The molecule has 1 aromatic rings. The van der Waals surface area contributed by atoms with Crippen LogP contribution in [0.4, 0.5) is 0 Å². The summed E-state index contributed by atoms with van der Waals surface area (Å²) in [7, 11) is 0. The van der Waals surface area contributed by atoms with Gasteiger partial charge in [-0.15, -0.1) is 0 Å². The van der Waals surface area contributed by atoms with Crippen molar-refractivity contribution in [2.75, 3.05) is 19.6 Å². The highest BCUT2D eigenvalue weighted by Gasteiger charge is 1.96. The predicted molar refractivity (Wildman–Crippen MR) is 70.9 cm³/mol. The molecule has 0 atom stereocenters. The Kier molecular flexibility index (Phi) is 5.38. The first kappa shape index (κ1) is 13.1. The highest BCUT2D eigenvalue weighted by molar-refractivity contribution is 6.30. The average molecular weight is 236 g/mol. The average Bonchev–Trinajstić information content (AvgIpc) is 2.27. The Morgan fingerprint density at radius 1 is 1.25 bits per heavy atom. The van der Waals surface area contributed by atoms with Crippen LogP contribution in [0, 0.1) is 18.8 Å². The van der Waals surface area contributed by atoms with E-state index in [9.17, 15) is 0 Å². The minimum absolute atomic E-state index is 0.770. The van der Waals surface area contributed by atoms with Crippen LogP contribution in [0.5, 0.6) is 0 Å². The van der Waals surface area contributed by atoms with E-state index < -0.39 is 0 Å². The normalized spacial score (nSPS) is 10.1. The standard InChI is InChI=1S/C14H18ClN/c1-4-16(5-2)10-6-7-13-8-9-14(15)11-12(13)3/h8-9,11H,4-5,10H2,1-3H3. The van der Waals surface area contributed by atoms with Gasteiger partial charge >= 0.3 is 0 Å². The van der Waals surface area contributed by atoms with Crippen LogP contribution >= 0.6 is 11.6 Å². The molecule has 2 heteroatoms. The lowest BCUT2D eigenvalue weighted by molar-refractivity contribution is 0.342. The summed E-state index contributed by atoms with van der Waals surface area (Å²) in [6.45, 7) is 9.26. The van der Waals surface area contributed by atoms with Gasteiger partial charge in [-0.25, -0.2) is 0 Å². The van der Waals surface area contributed by atoms with Crippen molar-refractivity contribution < 1.29 is 0 Å². The summed E-state index contributed by atoms with van der Waals surface area (Å²) in [6, 6.07) is 5.81. The second-order valence-electron chi connectivity index (χ2n) is 3.72. The van der Waals surface area contributed by atoms with Gasteiger partial charge in [0.05, 0.1) is 6.54 Å². The lowest BCUT2D eigenvalue weighted by Gasteiger charge is -2.13. The van der Waals surface area contributed by atoms with E-state index in [1.807, 2.05) is 25.1 Å². The van der Waals surface area contributed by atoms with Crippen LogP contribution in [0.2, 0.25) is 5.02 Å². The van der Waals surface area contributed by atoms with Crippen molar-refractivity contribution >= 4 is 11.6 Å². The number of benzene rings is 1. The zero-order valence-corrected chi connectivity index (χ0v) is 10.9. The van der Waals surface area contributed by atoms with Crippen molar-refractivity contribution in [1.82, 2.24) is 4.90 Å². The van der Waals surface area contributed by atoms with Gasteiger partial charge in [-0.05, 0) is 43.8 Å². The molecule has 0 saturated heterocycles. The number of rotatable bonds is 3. The van der Waals surface area contributed by atoms with Crippen molar-refractivity contribution in [3.63, 3.8) is 0 Å². The fraction of sp³-hybridized carbons (Fsp3) is 0.429. The highest BCUT2D eigenvalue weighted by atomic mass is 35.5. The van der Waals surface area contributed by atoms with Gasteiger partial charge in [-0.1, -0.05) is 37.3 Å². The quantitative estimate of drug-likeness (QED) is 0.727. The number of hydrogen-bond acceptors (Lipinski definition) is 1. The Morgan fingerprint density at radius 2 is 1.94 bits per heavy atom. The molecule has 0 aliphatic rings. The van der Waals surface area contributed by atoms with Crippen LogP contribution in [-0.4, -0.2) is 24.5 Å². The highest BCUT2D eigenvalue weighted by Crippen LogP contribution is 2.13. The summed E-state index contributed by atoms with van der Waals surface area (Å²) in [5.74, 6) is 6.39. The fourth-order valence-corrected chi connectivity index (χ4v) is 1.69. The van der Waals surface area contributed by atoms with E-state index in [4.69, 9.17) is 11.6 Å². The summed E-state index contributed by atoms with van der Waals surface area (Å²) in [6.07, 6.45) is 0. The molecule has 0 aromatic heterocycles. The van der Waals surface area contributed by atoms with E-state index in [2.05, 4.69) is 30.6 Å². The molecule has 0 bridgehead atoms. The maximum Gasteiger partial charge on any atom is 0.0605 e. The Balaban J connectivity index is 2.69. The fourth-order valence-electron chi connectivity index (χ4n) is 1.46. The monoisotopic (exact) mass is 235 g/mol. The molecule has 0 aliphatic carbocycles. The van der Waals surface area contributed by atoms with Crippen LogP contribution in [0.1, 0.15) is 25.0 Å². The third-order valence-corrected chi connectivity index (χ3v) is 2.84. The largest absolute Gasteiger partial charge is 0.293 e. The summed E-state index contributed by atoms with van der Waals surface area (Å²) in [5.41, 5.74) is 2.20. The second-order valence-corrected chi connectivity index (χ2v) is 4.16. The lowest BCUT2D eigenvalue weighted by atomic mass is 10.1. The van der Waals surface area contributed by atoms with Gasteiger partial charge in [0.1, 0.15) is 0 Å². The molecular weight excluding hydrogens is 218 g/mol. The smallest absolute Gasteiger partial charge is 0.0605 e. The molecule has 0 saturated carbocycles. The van der Waals surface area contributed by atoms with Crippen molar-refractivity contribution in [3.05, 3.63) is 34.3 Å². The second kappa shape index (κ2) is 6.58. The van der Waals surface area contributed by atoms with E-state index in [1.54, 1.807) is 0 Å². The third-order valence-electron chi connectivity index (χ3n) is 2.61. The summed E-state index contributed by atoms with van der Waals surface area (Å²) < 4.78 is 0. The summed E-state index contributed by atoms with van der Waals surface area (Å²) >= 11 is 5.89. The molecule has 0 aliphatic heterocycles. The first-order chi connectivity index (χ1) is 7.67. The molecule has 0 fully saturated rings. The molecule has 0 unspecified atom stereocenters. The topological polar surface area (TPSA) is 3.24 Å². The maximum absolute atomic E-state index is 5.89. The molecule has 16 heavy (non-hydrogen) atoms. The van der Waals surface area contributed by atoms with E-state index in [0.29, 0.717) is 0 Å². The third kappa shape index (κ3) is 3.89. The van der Waals surface area contributed by atoms with Crippen LogP contribution in [0.25, 0.3) is 0 Å². The minimum atomic E-state index is 0.770. The molecule has 0 heterocycles. The van der Waals surface area contributed by atoms with Crippen LogP contribution in [-0.2, 0) is 0 Å². The van der Waals surface area contributed by atoms with Crippen molar-refractivity contribution in [1.29, 1.82) is 0 Å². The van der Waals surface area contributed by atoms with Gasteiger partial charge in [0, 0.05) is 10.6 Å². The van der Waals surface area contributed by atoms with Gasteiger partial charge in [0.25, 0.3) is 0 Å². The maximum atomic E-state index is 5.89. The molecule has 1 nitrogen and oxygen atoms in total. The van der Waals surface area contributed by atoms with E-state index >= 15 is 0 Å². The Labute approximate surface area is 103 Å². The van der Waals surface area contributed by atoms with Gasteiger partial charge in [-0.3, -0.25) is 4.90 Å². The molecule has 86 valence electrons. The van der Waals surface area contributed by atoms with Crippen molar-refractivity contribution in [2.45, 2.75) is 20.8 Å². The Hall–Kier alpha value is -0.970. The molecule has 0 radical (unpaired) electrons. The molecular formula is C14H18ClN. The SMILES string of the molecule is CCN(CC)CC#Cc1ccc(Cl)cc1C. The van der Waals surface area contributed by atoms with Gasteiger partial charge < -0.3 is 0 Å². The van der Waals surface area contributed by atoms with Crippen LogP contribution in [0.3, 0.4) is 0 Å². The van der Waals surface area contributed by atoms with Gasteiger partial charge in [0.15, 0.2) is 0 Å². The van der Waals surface area contributed by atoms with Crippen molar-refractivity contribution in [3.8, 4) is 11.8 Å². The number of aryl methyl sites for hydroxylation is 1.